The average molecular weight is 308 g/mol. The van der Waals surface area contributed by atoms with E-state index in [1.54, 1.807) is 6.20 Å². The second-order valence-electron chi connectivity index (χ2n) is 4.90. The molecule has 0 radical (unpaired) electrons. The lowest BCUT2D eigenvalue weighted by Gasteiger charge is -2.04. The molecule has 0 aliphatic rings. The van der Waals surface area contributed by atoms with Gasteiger partial charge in [-0.3, -0.25) is 4.79 Å². The molecule has 1 aromatic heterocycles. The predicted molar refractivity (Wildman–Crippen MR) is 91.3 cm³/mol. The van der Waals surface area contributed by atoms with Crippen LogP contribution in [-0.2, 0) is 6.42 Å². The number of thiazole rings is 1. The first-order chi connectivity index (χ1) is 10.8. The van der Waals surface area contributed by atoms with Crippen LogP contribution in [0, 0.1) is 0 Å². The van der Waals surface area contributed by atoms with Crippen LogP contribution in [0.25, 0.3) is 10.6 Å². The molecule has 3 aromatic rings. The molecule has 110 valence electrons. The largest absolute Gasteiger partial charge is 0.321 e. The fourth-order valence-electron chi connectivity index (χ4n) is 2.11. The van der Waals surface area contributed by atoms with Gasteiger partial charge in [-0.15, -0.1) is 11.3 Å². The smallest absolute Gasteiger partial charge is 0.267 e. The van der Waals surface area contributed by atoms with Crippen molar-refractivity contribution < 1.29 is 4.79 Å². The molecule has 0 saturated heterocycles. The van der Waals surface area contributed by atoms with Crippen molar-refractivity contribution in [2.45, 2.75) is 13.3 Å². The summed E-state index contributed by atoms with van der Waals surface area (Å²) in [7, 11) is 0. The highest BCUT2D eigenvalue weighted by Gasteiger charge is 2.11. The van der Waals surface area contributed by atoms with Crippen molar-refractivity contribution in [2.24, 2.45) is 0 Å². The predicted octanol–water partition coefficient (Wildman–Crippen LogP) is 4.62. The van der Waals surface area contributed by atoms with Crippen LogP contribution in [0.15, 0.2) is 60.8 Å². The molecule has 4 heteroatoms. The van der Waals surface area contributed by atoms with Crippen molar-refractivity contribution in [2.75, 3.05) is 5.32 Å². The van der Waals surface area contributed by atoms with Crippen molar-refractivity contribution in [1.82, 2.24) is 4.98 Å². The molecule has 1 heterocycles. The van der Waals surface area contributed by atoms with E-state index in [0.717, 1.165) is 22.7 Å². The van der Waals surface area contributed by atoms with Gasteiger partial charge in [0.25, 0.3) is 5.91 Å². The number of aromatic nitrogens is 1. The van der Waals surface area contributed by atoms with Gasteiger partial charge in [0, 0.05) is 11.3 Å². The second kappa shape index (κ2) is 6.54. The fraction of sp³-hybridized carbons (Fsp3) is 0.111. The summed E-state index contributed by atoms with van der Waals surface area (Å²) in [4.78, 5) is 17.2. The monoisotopic (exact) mass is 308 g/mol. The molecule has 0 saturated carbocycles. The molecule has 1 amide bonds. The third-order valence-electron chi connectivity index (χ3n) is 3.37. The van der Waals surface area contributed by atoms with Crippen LogP contribution < -0.4 is 5.32 Å². The summed E-state index contributed by atoms with van der Waals surface area (Å²) >= 11 is 1.40. The van der Waals surface area contributed by atoms with Gasteiger partial charge >= 0.3 is 0 Å². The molecular weight excluding hydrogens is 292 g/mol. The maximum Gasteiger partial charge on any atom is 0.267 e. The Hall–Kier alpha value is -2.46. The summed E-state index contributed by atoms with van der Waals surface area (Å²) in [6, 6.07) is 17.8. The lowest BCUT2D eigenvalue weighted by atomic mass is 10.1. The number of carbonyl (C=O) groups excluding carboxylic acids is 1. The number of carbonyl (C=O) groups is 1. The Labute approximate surface area is 133 Å². The lowest BCUT2D eigenvalue weighted by Crippen LogP contribution is -2.09. The van der Waals surface area contributed by atoms with Gasteiger partial charge in [-0.1, -0.05) is 49.4 Å². The van der Waals surface area contributed by atoms with E-state index in [-0.39, 0.29) is 5.91 Å². The van der Waals surface area contributed by atoms with Crippen LogP contribution in [-0.4, -0.2) is 10.9 Å². The number of rotatable bonds is 4. The number of hydrogen-bond acceptors (Lipinski definition) is 3. The Morgan fingerprint density at radius 3 is 2.50 bits per heavy atom. The van der Waals surface area contributed by atoms with Gasteiger partial charge in [0.1, 0.15) is 9.88 Å². The molecule has 0 fully saturated rings. The normalized spacial score (nSPS) is 10.4. The number of nitrogens with one attached hydrogen (secondary N) is 1. The molecule has 0 bridgehead atoms. The zero-order valence-corrected chi connectivity index (χ0v) is 13.1. The van der Waals surface area contributed by atoms with E-state index in [4.69, 9.17) is 0 Å². The summed E-state index contributed by atoms with van der Waals surface area (Å²) in [5, 5.41) is 3.76. The van der Waals surface area contributed by atoms with E-state index >= 15 is 0 Å². The van der Waals surface area contributed by atoms with E-state index in [1.807, 2.05) is 54.6 Å². The number of aryl methyl sites for hydroxylation is 1. The van der Waals surface area contributed by atoms with Gasteiger partial charge in [0.05, 0.1) is 6.20 Å². The van der Waals surface area contributed by atoms with Gasteiger partial charge in [0.15, 0.2) is 0 Å². The zero-order chi connectivity index (χ0) is 15.4. The minimum absolute atomic E-state index is 0.121. The number of hydrogen-bond donors (Lipinski definition) is 1. The Balaban J connectivity index is 1.74. The third kappa shape index (κ3) is 3.23. The Bertz CT molecular complexity index is 763. The van der Waals surface area contributed by atoms with E-state index in [0.29, 0.717) is 4.88 Å². The number of nitrogens with zero attached hydrogens (tertiary/aromatic N) is 1. The van der Waals surface area contributed by atoms with Crippen LogP contribution in [0.2, 0.25) is 0 Å². The van der Waals surface area contributed by atoms with Crippen molar-refractivity contribution in [1.29, 1.82) is 0 Å². The van der Waals surface area contributed by atoms with Gasteiger partial charge in [-0.25, -0.2) is 4.98 Å². The molecule has 0 atom stereocenters. The van der Waals surface area contributed by atoms with E-state index in [2.05, 4.69) is 17.2 Å². The molecule has 0 aliphatic heterocycles. The summed E-state index contributed by atoms with van der Waals surface area (Å²) in [5.41, 5.74) is 3.08. The van der Waals surface area contributed by atoms with E-state index in [9.17, 15) is 4.79 Å². The zero-order valence-electron chi connectivity index (χ0n) is 12.2. The fourth-order valence-corrected chi connectivity index (χ4v) is 2.93. The van der Waals surface area contributed by atoms with E-state index in [1.165, 1.54) is 16.9 Å². The van der Waals surface area contributed by atoms with Crippen molar-refractivity contribution in [3.8, 4) is 10.6 Å². The average Bonchev–Trinajstić information content (AvgIpc) is 3.06. The number of benzene rings is 2. The van der Waals surface area contributed by atoms with Crippen molar-refractivity contribution in [3.05, 3.63) is 71.2 Å². The maximum atomic E-state index is 12.3. The number of amides is 1. The standard InChI is InChI=1S/C18H16N2OS/c1-2-13-8-10-15(11-9-13)20-17(21)16-12-19-18(22-16)14-6-4-3-5-7-14/h3-12H,2H2,1H3,(H,20,21). The molecular formula is C18H16N2OS. The first-order valence-corrected chi connectivity index (χ1v) is 7.99. The quantitative estimate of drug-likeness (QED) is 0.764. The van der Waals surface area contributed by atoms with Gasteiger partial charge in [0.2, 0.25) is 0 Å². The Morgan fingerprint density at radius 2 is 1.82 bits per heavy atom. The van der Waals surface area contributed by atoms with Crippen LogP contribution in [0.5, 0.6) is 0 Å². The second-order valence-corrected chi connectivity index (χ2v) is 5.93. The number of anilines is 1. The maximum absolute atomic E-state index is 12.3. The Morgan fingerprint density at radius 1 is 1.09 bits per heavy atom. The summed E-state index contributed by atoms with van der Waals surface area (Å²) in [5.74, 6) is -0.121. The van der Waals surface area contributed by atoms with Gasteiger partial charge in [-0.2, -0.15) is 0 Å². The highest BCUT2D eigenvalue weighted by atomic mass is 32.1. The van der Waals surface area contributed by atoms with Crippen molar-refractivity contribution >= 4 is 22.9 Å². The SMILES string of the molecule is CCc1ccc(NC(=O)c2cnc(-c3ccccc3)s2)cc1. The minimum atomic E-state index is -0.121. The first kappa shape index (κ1) is 14.5. The molecule has 2 aromatic carbocycles. The summed E-state index contributed by atoms with van der Waals surface area (Å²) < 4.78 is 0. The molecule has 1 N–H and O–H groups in total. The minimum Gasteiger partial charge on any atom is -0.321 e. The van der Waals surface area contributed by atoms with E-state index < -0.39 is 0 Å². The van der Waals surface area contributed by atoms with Gasteiger partial charge < -0.3 is 5.32 Å². The van der Waals surface area contributed by atoms with Crippen LogP contribution >= 0.6 is 11.3 Å². The van der Waals surface area contributed by atoms with Crippen LogP contribution in [0.4, 0.5) is 5.69 Å². The molecule has 3 nitrogen and oxygen atoms in total. The van der Waals surface area contributed by atoms with Crippen LogP contribution in [0.3, 0.4) is 0 Å². The third-order valence-corrected chi connectivity index (χ3v) is 4.42. The highest BCUT2D eigenvalue weighted by Crippen LogP contribution is 2.25. The topological polar surface area (TPSA) is 42.0 Å². The molecule has 22 heavy (non-hydrogen) atoms. The molecule has 0 spiro atoms. The van der Waals surface area contributed by atoms with Gasteiger partial charge in [-0.05, 0) is 24.1 Å². The lowest BCUT2D eigenvalue weighted by molar-refractivity contribution is 0.103. The summed E-state index contributed by atoms with van der Waals surface area (Å²) in [6.07, 6.45) is 2.62. The van der Waals surface area contributed by atoms with Crippen LogP contribution in [0.1, 0.15) is 22.2 Å². The molecule has 0 unspecified atom stereocenters. The highest BCUT2D eigenvalue weighted by molar-refractivity contribution is 7.17. The summed E-state index contributed by atoms with van der Waals surface area (Å²) in [6.45, 7) is 2.11. The molecule has 3 rings (SSSR count). The first-order valence-electron chi connectivity index (χ1n) is 7.18. The molecule has 0 aliphatic carbocycles. The van der Waals surface area contributed by atoms with Crippen molar-refractivity contribution in [3.63, 3.8) is 0 Å². The Kier molecular flexibility index (Phi) is 4.30.